The number of sulfonamides is 1. The number of hydrogen-bond acceptors (Lipinski definition) is 3. The highest BCUT2D eigenvalue weighted by Gasteiger charge is 2.28. The Kier molecular flexibility index (Phi) is 5.49. The summed E-state index contributed by atoms with van der Waals surface area (Å²) in [6.07, 6.45) is 0. The van der Waals surface area contributed by atoms with Crippen LogP contribution in [0.3, 0.4) is 0 Å². The molecule has 4 nitrogen and oxygen atoms in total. The molecule has 0 saturated heterocycles. The summed E-state index contributed by atoms with van der Waals surface area (Å²) >= 11 is 0. The third kappa shape index (κ3) is 3.63. The van der Waals surface area contributed by atoms with Gasteiger partial charge >= 0.3 is 0 Å². The molecule has 0 saturated carbocycles. The van der Waals surface area contributed by atoms with Gasteiger partial charge in [-0.05, 0) is 28.8 Å². The quantitative estimate of drug-likeness (QED) is 0.685. The van der Waals surface area contributed by atoms with Gasteiger partial charge in [-0.25, -0.2) is 22.3 Å². The second kappa shape index (κ2) is 7.69. The van der Waals surface area contributed by atoms with Gasteiger partial charge in [-0.3, -0.25) is 0 Å². The molecule has 0 aliphatic rings. The molecule has 0 aliphatic heterocycles. The van der Waals surface area contributed by atoms with Gasteiger partial charge in [-0.2, -0.15) is 0 Å². The highest BCUT2D eigenvalue weighted by atomic mass is 32.2. The minimum Gasteiger partial charge on any atom is -0.495 e. The lowest BCUT2D eigenvalue weighted by Gasteiger charge is -2.21. The van der Waals surface area contributed by atoms with Crippen LogP contribution < -0.4 is 9.88 Å². The van der Waals surface area contributed by atoms with E-state index in [2.05, 4.69) is 0 Å². The number of primary sulfonamides is 1. The first kappa shape index (κ1) is 20.0. The molecule has 3 aromatic carbocycles. The predicted octanol–water partition coefficient (Wildman–Crippen LogP) is 4.44. The number of hydrogen-bond donors (Lipinski definition) is 1. The predicted molar refractivity (Wildman–Crippen MR) is 104 cm³/mol. The molecule has 0 heterocycles. The topological polar surface area (TPSA) is 69.4 Å². The maximum Gasteiger partial charge on any atom is 0.242 e. The summed E-state index contributed by atoms with van der Waals surface area (Å²) in [7, 11) is -2.85. The van der Waals surface area contributed by atoms with Crippen molar-refractivity contribution in [1.82, 2.24) is 0 Å². The van der Waals surface area contributed by atoms with Crippen molar-refractivity contribution in [3.05, 3.63) is 83.4 Å². The van der Waals surface area contributed by atoms with Gasteiger partial charge in [-0.1, -0.05) is 55.5 Å². The largest absolute Gasteiger partial charge is 0.495 e. The first-order valence-electron chi connectivity index (χ1n) is 8.48. The van der Waals surface area contributed by atoms with Gasteiger partial charge in [0.1, 0.15) is 10.6 Å². The zero-order valence-electron chi connectivity index (χ0n) is 15.3. The molecule has 0 amide bonds. The van der Waals surface area contributed by atoms with Crippen LogP contribution in [0.5, 0.6) is 5.75 Å². The molecule has 0 fully saturated rings. The zero-order valence-corrected chi connectivity index (χ0v) is 16.1. The molecule has 0 aromatic heterocycles. The molecular weight excluding hydrogens is 384 g/mol. The van der Waals surface area contributed by atoms with E-state index in [9.17, 15) is 17.2 Å². The molecule has 3 aromatic rings. The van der Waals surface area contributed by atoms with Crippen LogP contribution >= 0.6 is 0 Å². The van der Waals surface area contributed by atoms with E-state index in [0.29, 0.717) is 11.1 Å². The van der Waals surface area contributed by atoms with Crippen LogP contribution in [0.4, 0.5) is 8.78 Å². The van der Waals surface area contributed by atoms with E-state index >= 15 is 0 Å². The number of halogens is 2. The van der Waals surface area contributed by atoms with E-state index in [1.54, 1.807) is 37.3 Å². The Hall–Kier alpha value is -2.77. The van der Waals surface area contributed by atoms with E-state index in [0.717, 1.165) is 6.07 Å². The van der Waals surface area contributed by atoms with Gasteiger partial charge in [0.25, 0.3) is 0 Å². The molecule has 1 atom stereocenters. The highest BCUT2D eigenvalue weighted by Crippen LogP contribution is 2.40. The minimum absolute atomic E-state index is 0.0457. The highest BCUT2D eigenvalue weighted by molar-refractivity contribution is 7.89. The number of methoxy groups -OCH3 is 1. The van der Waals surface area contributed by atoms with Crippen LogP contribution in [0.25, 0.3) is 11.1 Å². The van der Waals surface area contributed by atoms with Gasteiger partial charge in [0, 0.05) is 11.5 Å². The maximum atomic E-state index is 14.9. The van der Waals surface area contributed by atoms with Crippen molar-refractivity contribution in [2.45, 2.75) is 17.7 Å². The van der Waals surface area contributed by atoms with Crippen LogP contribution in [-0.2, 0) is 10.0 Å². The van der Waals surface area contributed by atoms with E-state index in [1.807, 2.05) is 6.07 Å². The fourth-order valence-electron chi connectivity index (χ4n) is 3.35. The van der Waals surface area contributed by atoms with Gasteiger partial charge < -0.3 is 4.74 Å². The van der Waals surface area contributed by atoms with Gasteiger partial charge in [0.05, 0.1) is 7.11 Å². The Morgan fingerprint density at radius 3 is 2.25 bits per heavy atom. The Bertz CT molecular complexity index is 1120. The number of nitrogens with two attached hydrogens (primary N) is 1. The van der Waals surface area contributed by atoms with Crippen molar-refractivity contribution in [2.75, 3.05) is 7.11 Å². The first-order chi connectivity index (χ1) is 13.3. The van der Waals surface area contributed by atoms with Crippen LogP contribution in [0.1, 0.15) is 24.0 Å². The Morgan fingerprint density at radius 2 is 1.64 bits per heavy atom. The minimum atomic E-state index is -4.17. The molecule has 0 spiro atoms. The monoisotopic (exact) mass is 403 g/mol. The molecule has 1 unspecified atom stereocenters. The van der Waals surface area contributed by atoms with Crippen molar-refractivity contribution in [3.63, 3.8) is 0 Å². The maximum absolute atomic E-state index is 14.9. The van der Waals surface area contributed by atoms with Crippen LogP contribution in [0.15, 0.2) is 65.6 Å². The molecule has 0 aliphatic carbocycles. The molecule has 7 heteroatoms. The van der Waals surface area contributed by atoms with Crippen LogP contribution in [0.2, 0.25) is 0 Å². The van der Waals surface area contributed by atoms with E-state index in [-0.39, 0.29) is 21.8 Å². The third-order valence-electron chi connectivity index (χ3n) is 4.63. The van der Waals surface area contributed by atoms with Gasteiger partial charge in [0.2, 0.25) is 10.0 Å². The lowest BCUT2D eigenvalue weighted by molar-refractivity contribution is 0.401. The second-order valence-electron chi connectivity index (χ2n) is 6.33. The van der Waals surface area contributed by atoms with E-state index < -0.39 is 27.6 Å². The summed E-state index contributed by atoms with van der Waals surface area (Å²) in [4.78, 5) is -0.243. The molecule has 3 rings (SSSR count). The van der Waals surface area contributed by atoms with Crippen molar-refractivity contribution >= 4 is 10.0 Å². The van der Waals surface area contributed by atoms with E-state index in [1.165, 1.54) is 25.3 Å². The Labute approximate surface area is 162 Å². The average Bonchev–Trinajstić information content (AvgIpc) is 2.68. The second-order valence-corrected chi connectivity index (χ2v) is 7.83. The lowest BCUT2D eigenvalue weighted by Crippen LogP contribution is -2.18. The van der Waals surface area contributed by atoms with Gasteiger partial charge in [-0.15, -0.1) is 0 Å². The Balaban J connectivity index is 2.31. The summed E-state index contributed by atoms with van der Waals surface area (Å²) < 4.78 is 58.5. The summed E-state index contributed by atoms with van der Waals surface area (Å²) in [5, 5.41) is 5.39. The first-order valence-corrected chi connectivity index (χ1v) is 10.0. The fourth-order valence-corrected chi connectivity index (χ4v) is 4.36. The average molecular weight is 403 g/mol. The summed E-state index contributed by atoms with van der Waals surface area (Å²) in [6.45, 7) is 1.60. The number of benzene rings is 3. The SMILES string of the molecule is COc1cccc(C(C)c2c(-c3ccccc3)ccc(F)c2F)c1S(N)(=O)=O. The van der Waals surface area contributed by atoms with Crippen LogP contribution in [-0.4, -0.2) is 15.5 Å². The standard InChI is InChI=1S/C21H19F2NO3S/c1-13(15-9-6-10-18(27-2)21(15)28(24,25)26)19-16(11-12-17(22)20(19)23)14-7-4-3-5-8-14/h3-13H,1-2H3,(H2,24,25,26). The van der Waals surface area contributed by atoms with Crippen molar-refractivity contribution in [2.24, 2.45) is 5.14 Å². The third-order valence-corrected chi connectivity index (χ3v) is 5.64. The van der Waals surface area contributed by atoms with Crippen molar-refractivity contribution in [3.8, 4) is 16.9 Å². The zero-order chi connectivity index (χ0) is 20.5. The van der Waals surface area contributed by atoms with E-state index in [4.69, 9.17) is 9.88 Å². The van der Waals surface area contributed by atoms with Crippen LogP contribution in [0, 0.1) is 11.6 Å². The summed E-state index contributed by atoms with van der Waals surface area (Å²) in [5.74, 6) is -2.81. The molecule has 2 N–H and O–H groups in total. The van der Waals surface area contributed by atoms with Crippen molar-refractivity contribution in [1.29, 1.82) is 0 Å². The molecule has 0 bridgehead atoms. The summed E-state index contributed by atoms with van der Waals surface area (Å²) in [6, 6.07) is 16.0. The number of rotatable bonds is 5. The normalized spacial score (nSPS) is 12.6. The van der Waals surface area contributed by atoms with Gasteiger partial charge in [0.15, 0.2) is 11.6 Å². The fraction of sp³-hybridized carbons (Fsp3) is 0.143. The summed E-state index contributed by atoms with van der Waals surface area (Å²) in [5.41, 5.74) is 1.42. The lowest BCUT2D eigenvalue weighted by atomic mass is 9.86. The molecule has 146 valence electrons. The van der Waals surface area contributed by atoms with Crippen molar-refractivity contribution < 1.29 is 21.9 Å². The molecular formula is C21H19F2NO3S. The molecule has 0 radical (unpaired) electrons. The molecule has 28 heavy (non-hydrogen) atoms. The smallest absolute Gasteiger partial charge is 0.242 e. The Morgan fingerprint density at radius 1 is 0.964 bits per heavy atom. The number of ether oxygens (including phenoxy) is 1.